The maximum atomic E-state index is 6.19. The molecular formula is C12H12ClN2P. The van der Waals surface area contributed by atoms with E-state index in [1.165, 1.54) is 0 Å². The van der Waals surface area contributed by atoms with Crippen molar-refractivity contribution in [1.82, 2.24) is 0 Å². The Labute approximate surface area is 101 Å². The summed E-state index contributed by atoms with van der Waals surface area (Å²) in [6.07, 6.45) is 0. The molecule has 0 aromatic heterocycles. The second-order valence-electron chi connectivity index (χ2n) is 3.24. The number of benzene rings is 2. The molecule has 0 aliphatic rings. The van der Waals surface area contributed by atoms with Crippen molar-refractivity contribution in [3.63, 3.8) is 0 Å². The fourth-order valence-electron chi connectivity index (χ4n) is 1.28. The number of nitrogens with one attached hydrogen (secondary N) is 2. The smallest absolute Gasteiger partial charge is 0.192 e. The van der Waals surface area contributed by atoms with Gasteiger partial charge in [-0.2, -0.15) is 0 Å². The standard InChI is InChI=1S/C12H12ClN2P/c13-16(14-11-7-3-1-4-8-11)15-12-9-5-2-6-10-12/h1-10,14-15H. The van der Waals surface area contributed by atoms with E-state index < -0.39 is 7.58 Å². The number of hydrogen-bond acceptors (Lipinski definition) is 2. The highest BCUT2D eigenvalue weighted by atomic mass is 35.7. The molecular weight excluding hydrogens is 239 g/mol. The lowest BCUT2D eigenvalue weighted by molar-refractivity contribution is 1.65. The van der Waals surface area contributed by atoms with Crippen LogP contribution >= 0.6 is 18.8 Å². The Morgan fingerprint density at radius 3 is 1.44 bits per heavy atom. The van der Waals surface area contributed by atoms with Crippen LogP contribution in [0, 0.1) is 0 Å². The van der Waals surface area contributed by atoms with E-state index in [1.807, 2.05) is 60.7 Å². The van der Waals surface area contributed by atoms with Crippen LogP contribution in [-0.4, -0.2) is 0 Å². The molecule has 0 atom stereocenters. The largest absolute Gasteiger partial charge is 0.335 e. The summed E-state index contributed by atoms with van der Waals surface area (Å²) in [5.74, 6) is 0. The van der Waals surface area contributed by atoms with Crippen LogP contribution in [0.15, 0.2) is 60.7 Å². The quantitative estimate of drug-likeness (QED) is 0.770. The van der Waals surface area contributed by atoms with Gasteiger partial charge >= 0.3 is 0 Å². The molecule has 0 saturated carbocycles. The fourth-order valence-corrected chi connectivity index (χ4v) is 2.67. The van der Waals surface area contributed by atoms with Gasteiger partial charge in [0.2, 0.25) is 0 Å². The molecule has 0 fully saturated rings. The topological polar surface area (TPSA) is 24.1 Å². The SMILES string of the molecule is ClP(Nc1ccccc1)Nc1ccccc1. The summed E-state index contributed by atoms with van der Waals surface area (Å²) in [6, 6.07) is 19.8. The molecule has 4 heteroatoms. The summed E-state index contributed by atoms with van der Waals surface area (Å²) in [4.78, 5) is 0. The first-order valence-corrected chi connectivity index (χ1v) is 7.18. The first-order chi connectivity index (χ1) is 7.84. The molecule has 0 heterocycles. The summed E-state index contributed by atoms with van der Waals surface area (Å²) in [6.45, 7) is 0. The number of rotatable bonds is 4. The van der Waals surface area contributed by atoms with E-state index in [1.54, 1.807) is 0 Å². The van der Waals surface area contributed by atoms with Crippen LogP contribution in [0.3, 0.4) is 0 Å². The maximum absolute atomic E-state index is 6.19. The third kappa shape index (κ3) is 3.41. The number of hydrogen-bond donors (Lipinski definition) is 2. The van der Waals surface area contributed by atoms with Crippen LogP contribution < -0.4 is 10.2 Å². The Hall–Kier alpha value is -1.24. The van der Waals surface area contributed by atoms with Gasteiger partial charge in [-0.05, 0) is 35.5 Å². The van der Waals surface area contributed by atoms with Crippen molar-refractivity contribution in [3.8, 4) is 0 Å². The zero-order chi connectivity index (χ0) is 11.2. The Morgan fingerprint density at radius 2 is 1.06 bits per heavy atom. The van der Waals surface area contributed by atoms with E-state index in [9.17, 15) is 0 Å². The molecule has 0 spiro atoms. The zero-order valence-electron chi connectivity index (χ0n) is 8.60. The van der Waals surface area contributed by atoms with E-state index in [0.717, 1.165) is 11.4 Å². The minimum atomic E-state index is -0.961. The predicted molar refractivity (Wildman–Crippen MR) is 72.9 cm³/mol. The van der Waals surface area contributed by atoms with Crippen molar-refractivity contribution >= 4 is 30.2 Å². The Kier molecular flexibility index (Phi) is 4.03. The van der Waals surface area contributed by atoms with Crippen molar-refractivity contribution in [2.75, 3.05) is 10.2 Å². The van der Waals surface area contributed by atoms with Crippen molar-refractivity contribution < 1.29 is 0 Å². The van der Waals surface area contributed by atoms with Gasteiger partial charge in [0, 0.05) is 11.4 Å². The maximum Gasteiger partial charge on any atom is 0.192 e. The van der Waals surface area contributed by atoms with Gasteiger partial charge in [-0.1, -0.05) is 36.4 Å². The number of para-hydroxylation sites is 2. The molecule has 2 nitrogen and oxygen atoms in total. The second kappa shape index (κ2) is 5.74. The molecule has 82 valence electrons. The van der Waals surface area contributed by atoms with E-state index in [-0.39, 0.29) is 0 Å². The van der Waals surface area contributed by atoms with E-state index >= 15 is 0 Å². The van der Waals surface area contributed by atoms with E-state index in [2.05, 4.69) is 10.2 Å². The molecule has 2 rings (SSSR count). The van der Waals surface area contributed by atoms with Crippen LogP contribution in [0.1, 0.15) is 0 Å². The third-order valence-electron chi connectivity index (χ3n) is 2.00. The molecule has 16 heavy (non-hydrogen) atoms. The molecule has 2 aromatic carbocycles. The van der Waals surface area contributed by atoms with Gasteiger partial charge in [-0.25, -0.2) is 0 Å². The highest BCUT2D eigenvalue weighted by Crippen LogP contribution is 2.41. The van der Waals surface area contributed by atoms with Crippen molar-refractivity contribution in [2.45, 2.75) is 0 Å². The monoisotopic (exact) mass is 250 g/mol. The second-order valence-corrected chi connectivity index (χ2v) is 5.26. The fraction of sp³-hybridized carbons (Fsp3) is 0. The molecule has 0 aliphatic carbocycles. The molecule has 2 aromatic rings. The lowest BCUT2D eigenvalue weighted by Crippen LogP contribution is -1.96. The Balaban J connectivity index is 1.92. The average Bonchev–Trinajstić information content (AvgIpc) is 2.31. The Morgan fingerprint density at radius 1 is 0.688 bits per heavy atom. The first-order valence-electron chi connectivity index (χ1n) is 4.94. The van der Waals surface area contributed by atoms with Crippen LogP contribution in [0.4, 0.5) is 11.4 Å². The molecule has 2 N–H and O–H groups in total. The molecule has 0 aliphatic heterocycles. The summed E-state index contributed by atoms with van der Waals surface area (Å²) in [7, 11) is -0.961. The number of anilines is 2. The molecule has 0 unspecified atom stereocenters. The minimum absolute atomic E-state index is 0.961. The highest BCUT2D eigenvalue weighted by molar-refractivity contribution is 7.86. The normalized spacial score (nSPS) is 10.1. The summed E-state index contributed by atoms with van der Waals surface area (Å²) >= 11 is 6.19. The minimum Gasteiger partial charge on any atom is -0.335 e. The van der Waals surface area contributed by atoms with Gasteiger partial charge in [-0.15, -0.1) is 0 Å². The van der Waals surface area contributed by atoms with Crippen LogP contribution in [0.25, 0.3) is 0 Å². The molecule has 0 saturated heterocycles. The number of halogens is 1. The van der Waals surface area contributed by atoms with Gasteiger partial charge in [0.15, 0.2) is 7.58 Å². The lowest BCUT2D eigenvalue weighted by Gasteiger charge is -2.14. The van der Waals surface area contributed by atoms with Crippen molar-refractivity contribution in [3.05, 3.63) is 60.7 Å². The van der Waals surface area contributed by atoms with Crippen molar-refractivity contribution in [1.29, 1.82) is 0 Å². The highest BCUT2D eigenvalue weighted by Gasteiger charge is 2.03. The van der Waals surface area contributed by atoms with Crippen molar-refractivity contribution in [2.24, 2.45) is 0 Å². The summed E-state index contributed by atoms with van der Waals surface area (Å²) in [5, 5.41) is 6.42. The summed E-state index contributed by atoms with van der Waals surface area (Å²) < 4.78 is 0. The molecule has 0 radical (unpaired) electrons. The van der Waals surface area contributed by atoms with E-state index in [4.69, 9.17) is 11.2 Å². The first kappa shape index (κ1) is 11.3. The van der Waals surface area contributed by atoms with Gasteiger partial charge in [0.1, 0.15) is 0 Å². The molecule has 0 amide bonds. The van der Waals surface area contributed by atoms with Gasteiger partial charge in [0.05, 0.1) is 0 Å². The summed E-state index contributed by atoms with van der Waals surface area (Å²) in [5.41, 5.74) is 2.04. The van der Waals surface area contributed by atoms with Gasteiger partial charge < -0.3 is 10.2 Å². The van der Waals surface area contributed by atoms with Gasteiger partial charge in [-0.3, -0.25) is 0 Å². The zero-order valence-corrected chi connectivity index (χ0v) is 10.2. The van der Waals surface area contributed by atoms with Crippen LogP contribution in [0.2, 0.25) is 0 Å². The van der Waals surface area contributed by atoms with Gasteiger partial charge in [0.25, 0.3) is 0 Å². The Bertz CT molecular complexity index is 380. The third-order valence-corrected chi connectivity index (χ3v) is 3.42. The molecule has 0 bridgehead atoms. The predicted octanol–water partition coefficient (Wildman–Crippen LogP) is 4.68. The van der Waals surface area contributed by atoms with E-state index in [0.29, 0.717) is 0 Å². The lowest BCUT2D eigenvalue weighted by atomic mass is 10.3. The van der Waals surface area contributed by atoms with Crippen LogP contribution in [-0.2, 0) is 0 Å². The average molecular weight is 251 g/mol. The van der Waals surface area contributed by atoms with Crippen LogP contribution in [0.5, 0.6) is 0 Å².